The third-order valence-corrected chi connectivity index (χ3v) is 2.41. The van der Waals surface area contributed by atoms with Gasteiger partial charge in [0.15, 0.2) is 12.4 Å². The van der Waals surface area contributed by atoms with E-state index in [1.54, 1.807) is 11.0 Å². The molecule has 0 fully saturated rings. The number of nitrogens with two attached hydrogens (primary N) is 1. The molecule has 1 aromatic rings. The number of para-hydroxylation sites is 1. The maximum Gasteiger partial charge on any atom is 0.265 e. The van der Waals surface area contributed by atoms with Crippen LogP contribution in [0.5, 0.6) is 5.75 Å². The normalized spacial score (nSPS) is 15.1. The quantitative estimate of drug-likeness (QED) is 0.707. The van der Waals surface area contributed by atoms with Gasteiger partial charge >= 0.3 is 0 Å². The van der Waals surface area contributed by atoms with Crippen molar-refractivity contribution in [3.63, 3.8) is 0 Å². The summed E-state index contributed by atoms with van der Waals surface area (Å²) in [6, 6.07) is 5.56. The second-order valence-corrected chi connectivity index (χ2v) is 3.84. The predicted octanol–water partition coefficient (Wildman–Crippen LogP) is 1.40. The Labute approximate surface area is 88.6 Å². The molecule has 0 spiro atoms. The lowest BCUT2D eigenvalue weighted by Crippen LogP contribution is -2.43. The molecule has 0 saturated carbocycles. The Bertz CT molecular complexity index is 402. The van der Waals surface area contributed by atoms with Crippen molar-refractivity contribution in [1.29, 1.82) is 0 Å². The third-order valence-electron chi connectivity index (χ3n) is 2.41. The lowest BCUT2D eigenvalue weighted by atomic mass is 10.1. The number of benzene rings is 1. The Morgan fingerprint density at radius 3 is 2.87 bits per heavy atom. The van der Waals surface area contributed by atoms with Crippen LogP contribution in [-0.2, 0) is 4.79 Å². The largest absolute Gasteiger partial charge is 0.479 e. The molecule has 2 N–H and O–H groups in total. The minimum atomic E-state index is -0.0249. The molecular weight excluding hydrogens is 192 g/mol. The summed E-state index contributed by atoms with van der Waals surface area (Å²) >= 11 is 0. The molecule has 0 bridgehead atoms. The smallest absolute Gasteiger partial charge is 0.265 e. The summed E-state index contributed by atoms with van der Waals surface area (Å²) in [5.74, 6) is 0.592. The van der Waals surface area contributed by atoms with Gasteiger partial charge in [-0.15, -0.1) is 0 Å². The van der Waals surface area contributed by atoms with E-state index in [-0.39, 0.29) is 18.6 Å². The highest BCUT2D eigenvalue weighted by Gasteiger charge is 2.28. The molecule has 0 saturated heterocycles. The number of fused-ring (bicyclic) bond motifs is 1. The van der Waals surface area contributed by atoms with Crippen LogP contribution in [0, 0.1) is 0 Å². The monoisotopic (exact) mass is 206 g/mol. The van der Waals surface area contributed by atoms with Crippen molar-refractivity contribution in [1.82, 2.24) is 0 Å². The van der Waals surface area contributed by atoms with Crippen LogP contribution in [0.2, 0.25) is 0 Å². The van der Waals surface area contributed by atoms with Gasteiger partial charge in [0.2, 0.25) is 0 Å². The first-order valence-electron chi connectivity index (χ1n) is 4.94. The Hall–Kier alpha value is -1.71. The van der Waals surface area contributed by atoms with Gasteiger partial charge in [0.1, 0.15) is 0 Å². The molecule has 2 rings (SSSR count). The van der Waals surface area contributed by atoms with Crippen molar-refractivity contribution in [2.75, 3.05) is 17.2 Å². The van der Waals surface area contributed by atoms with Crippen molar-refractivity contribution in [3.05, 3.63) is 18.2 Å². The number of hydrogen-bond donors (Lipinski definition) is 1. The van der Waals surface area contributed by atoms with Crippen LogP contribution in [0.1, 0.15) is 13.8 Å². The third kappa shape index (κ3) is 1.52. The maximum atomic E-state index is 11.7. The van der Waals surface area contributed by atoms with Gasteiger partial charge in [0, 0.05) is 6.04 Å². The zero-order valence-electron chi connectivity index (χ0n) is 8.86. The van der Waals surface area contributed by atoms with Crippen molar-refractivity contribution in [3.8, 4) is 5.75 Å². The molecule has 0 aliphatic carbocycles. The standard InChI is InChI=1S/C11H14N2O2/c1-7(2)13-9-5-3-4-8(12)11(9)15-6-10(13)14/h3-5,7H,6,12H2,1-2H3. The SMILES string of the molecule is CC(C)N1C(=O)COc2c(N)cccc21. The molecule has 1 amide bonds. The molecule has 0 atom stereocenters. The Kier molecular flexibility index (Phi) is 2.26. The van der Waals surface area contributed by atoms with Crippen LogP contribution >= 0.6 is 0 Å². The Morgan fingerprint density at radius 2 is 2.20 bits per heavy atom. The van der Waals surface area contributed by atoms with Crippen LogP contribution in [0.3, 0.4) is 0 Å². The van der Waals surface area contributed by atoms with Crippen LogP contribution in [0.25, 0.3) is 0 Å². The van der Waals surface area contributed by atoms with Gasteiger partial charge in [-0.2, -0.15) is 0 Å². The average molecular weight is 206 g/mol. The van der Waals surface area contributed by atoms with Crippen molar-refractivity contribution < 1.29 is 9.53 Å². The zero-order valence-corrected chi connectivity index (χ0v) is 8.86. The molecule has 1 aromatic carbocycles. The second kappa shape index (κ2) is 3.46. The maximum absolute atomic E-state index is 11.7. The number of nitrogens with zero attached hydrogens (tertiary/aromatic N) is 1. The molecule has 0 radical (unpaired) electrons. The molecule has 4 nitrogen and oxygen atoms in total. The van der Waals surface area contributed by atoms with E-state index in [1.165, 1.54) is 0 Å². The van der Waals surface area contributed by atoms with E-state index < -0.39 is 0 Å². The Morgan fingerprint density at radius 1 is 1.47 bits per heavy atom. The van der Waals surface area contributed by atoms with Crippen LogP contribution in [0.4, 0.5) is 11.4 Å². The highest BCUT2D eigenvalue weighted by Crippen LogP contribution is 2.37. The lowest BCUT2D eigenvalue weighted by Gasteiger charge is -2.32. The molecule has 80 valence electrons. The fourth-order valence-corrected chi connectivity index (χ4v) is 1.79. The summed E-state index contributed by atoms with van der Waals surface area (Å²) < 4.78 is 5.33. The van der Waals surface area contributed by atoms with E-state index in [1.807, 2.05) is 26.0 Å². The summed E-state index contributed by atoms with van der Waals surface area (Å²) in [4.78, 5) is 13.4. The number of nitrogen functional groups attached to an aromatic ring is 1. The molecule has 1 aliphatic rings. The first-order chi connectivity index (χ1) is 7.11. The van der Waals surface area contributed by atoms with Gasteiger partial charge < -0.3 is 15.4 Å². The van der Waals surface area contributed by atoms with E-state index in [2.05, 4.69) is 0 Å². The topological polar surface area (TPSA) is 55.6 Å². The van der Waals surface area contributed by atoms with Gasteiger partial charge in [-0.3, -0.25) is 4.79 Å². The summed E-state index contributed by atoms with van der Waals surface area (Å²) in [7, 11) is 0. The fourth-order valence-electron chi connectivity index (χ4n) is 1.79. The van der Waals surface area contributed by atoms with Crippen molar-refractivity contribution in [2.24, 2.45) is 0 Å². The summed E-state index contributed by atoms with van der Waals surface area (Å²) in [5.41, 5.74) is 7.13. The first-order valence-corrected chi connectivity index (χ1v) is 4.94. The molecule has 15 heavy (non-hydrogen) atoms. The van der Waals surface area contributed by atoms with E-state index in [0.29, 0.717) is 11.4 Å². The van der Waals surface area contributed by atoms with E-state index in [4.69, 9.17) is 10.5 Å². The Balaban J connectivity index is 2.53. The number of hydrogen-bond acceptors (Lipinski definition) is 3. The predicted molar refractivity (Wildman–Crippen MR) is 59.0 cm³/mol. The van der Waals surface area contributed by atoms with Gasteiger partial charge in [-0.25, -0.2) is 0 Å². The first kappa shape index (κ1) is 9.83. The minimum absolute atomic E-state index is 0.0249. The molecule has 1 heterocycles. The van der Waals surface area contributed by atoms with Gasteiger partial charge in [0.25, 0.3) is 5.91 Å². The summed E-state index contributed by atoms with van der Waals surface area (Å²) in [5, 5.41) is 0. The zero-order chi connectivity index (χ0) is 11.0. The highest BCUT2D eigenvalue weighted by atomic mass is 16.5. The van der Waals surface area contributed by atoms with Gasteiger partial charge in [-0.05, 0) is 26.0 Å². The average Bonchev–Trinajstić information content (AvgIpc) is 2.17. The highest BCUT2D eigenvalue weighted by molar-refractivity contribution is 5.99. The number of carbonyl (C=O) groups is 1. The molecule has 0 aromatic heterocycles. The van der Waals surface area contributed by atoms with E-state index >= 15 is 0 Å². The number of ether oxygens (including phenoxy) is 1. The van der Waals surface area contributed by atoms with Crippen molar-refractivity contribution in [2.45, 2.75) is 19.9 Å². The second-order valence-electron chi connectivity index (χ2n) is 3.84. The number of amides is 1. The number of carbonyl (C=O) groups excluding carboxylic acids is 1. The van der Waals surface area contributed by atoms with E-state index in [0.717, 1.165) is 5.69 Å². The van der Waals surface area contributed by atoms with E-state index in [9.17, 15) is 4.79 Å². The summed E-state index contributed by atoms with van der Waals surface area (Å²) in [6.07, 6.45) is 0. The summed E-state index contributed by atoms with van der Waals surface area (Å²) in [6.45, 7) is 4.01. The number of rotatable bonds is 1. The van der Waals surface area contributed by atoms with Crippen LogP contribution in [0.15, 0.2) is 18.2 Å². The fraction of sp³-hybridized carbons (Fsp3) is 0.364. The van der Waals surface area contributed by atoms with Crippen molar-refractivity contribution >= 4 is 17.3 Å². The molecule has 1 aliphatic heterocycles. The number of anilines is 2. The molecule has 4 heteroatoms. The minimum Gasteiger partial charge on any atom is -0.479 e. The van der Waals surface area contributed by atoms with Gasteiger partial charge in [0.05, 0.1) is 11.4 Å². The molecular formula is C11H14N2O2. The molecule has 0 unspecified atom stereocenters. The van der Waals surface area contributed by atoms with Crippen LogP contribution in [-0.4, -0.2) is 18.6 Å². The van der Waals surface area contributed by atoms with Crippen LogP contribution < -0.4 is 15.4 Å². The van der Waals surface area contributed by atoms with Gasteiger partial charge in [-0.1, -0.05) is 6.07 Å². The lowest BCUT2D eigenvalue weighted by molar-refractivity contribution is -0.121.